The van der Waals surface area contributed by atoms with Crippen LogP contribution in [0.2, 0.25) is 0 Å². The molecule has 1 aromatic carbocycles. The summed E-state index contributed by atoms with van der Waals surface area (Å²) in [6, 6.07) is 11.0. The summed E-state index contributed by atoms with van der Waals surface area (Å²) in [4.78, 5) is 14.6. The highest BCUT2D eigenvalue weighted by molar-refractivity contribution is 7.47. The molecule has 1 saturated heterocycles. The lowest BCUT2D eigenvalue weighted by atomic mass is 9.99. The summed E-state index contributed by atoms with van der Waals surface area (Å²) in [5.41, 5.74) is 5.45. The van der Waals surface area contributed by atoms with Crippen molar-refractivity contribution in [3.05, 3.63) is 71.4 Å². The van der Waals surface area contributed by atoms with Gasteiger partial charge in [-0.3, -0.25) is 9.05 Å². The first-order valence-electron chi connectivity index (χ1n) is 20.1. The molecule has 1 aliphatic rings. The summed E-state index contributed by atoms with van der Waals surface area (Å²) in [6.45, 7) is 1.31. The van der Waals surface area contributed by atoms with Gasteiger partial charge in [0.05, 0.1) is 37.1 Å². The van der Waals surface area contributed by atoms with Crippen LogP contribution in [0.3, 0.4) is 0 Å². The molecule has 1 fully saturated rings. The molecule has 0 saturated carbocycles. The maximum absolute atomic E-state index is 14.1. The zero-order valence-electron chi connectivity index (χ0n) is 33.0. The second-order valence-corrected chi connectivity index (χ2v) is 16.0. The Bertz CT molecular complexity index is 1830. The minimum Gasteiger partial charge on any atom is -0.389 e. The van der Waals surface area contributed by atoms with E-state index in [0.717, 1.165) is 38.2 Å². The summed E-state index contributed by atoms with van der Waals surface area (Å²) < 4.78 is 56.7. The van der Waals surface area contributed by atoms with Crippen LogP contribution in [0.15, 0.2) is 48.8 Å². The van der Waals surface area contributed by atoms with Crippen molar-refractivity contribution in [3.8, 4) is 12.1 Å². The van der Waals surface area contributed by atoms with E-state index >= 15 is 0 Å². The van der Waals surface area contributed by atoms with Gasteiger partial charge in [-0.2, -0.15) is 15.6 Å². The Balaban J connectivity index is 1.20. The molecule has 16 heteroatoms. The SMILES string of the molecule is CCCCCCCC/C=C/CCCCCCCCOC[C@H](COP(=O)(O)OC[C@@]1(C#N)O[C@@H](c2ccc3c(N)ncnn23)C[C@@H]1O)OCc1cc(F)cc(C#N)c1. The van der Waals surface area contributed by atoms with E-state index in [1.165, 1.54) is 80.8 Å². The van der Waals surface area contributed by atoms with Crippen LogP contribution < -0.4 is 5.73 Å². The van der Waals surface area contributed by atoms with Gasteiger partial charge in [0.1, 0.15) is 48.6 Å². The predicted octanol–water partition coefficient (Wildman–Crippen LogP) is 8.18. The monoisotopic (exact) mass is 812 g/mol. The lowest BCUT2D eigenvalue weighted by molar-refractivity contribution is -0.0790. The number of unbranched alkanes of at least 4 members (excludes halogenated alkanes) is 12. The number of ether oxygens (including phenoxy) is 3. The number of nitrogen functional groups attached to an aromatic ring is 1. The standard InChI is InChI=1S/C41H58FN6O8P/c1-2-3-4-5-6-7-8-9-10-11-12-13-14-15-16-17-20-52-27-35(53-26-33-21-32(25-43)22-34(42)23-33)28-54-57(50,51)55-30-41(29-44)39(49)24-38(56-41)36-18-19-37-40(45)46-31-47-48(36)37/h9-10,18-19,21-23,31,35,38-39,49H,2-8,11-17,20,24,26-28,30H2,1H3,(H,50,51)(H2,45,46,47)/b10-9+/t35-,38-,39+,41-/m1/s1. The zero-order chi connectivity index (χ0) is 40.9. The molecule has 2 aromatic heterocycles. The molecule has 0 amide bonds. The summed E-state index contributed by atoms with van der Waals surface area (Å²) >= 11 is 0. The van der Waals surface area contributed by atoms with Gasteiger partial charge < -0.3 is 29.9 Å². The minimum atomic E-state index is -4.83. The molecule has 0 spiro atoms. The molecule has 1 aliphatic heterocycles. The quantitative estimate of drug-likeness (QED) is 0.0360. The van der Waals surface area contributed by atoms with Crippen LogP contribution >= 0.6 is 7.82 Å². The van der Waals surface area contributed by atoms with Crippen molar-refractivity contribution < 1.29 is 42.2 Å². The Hall–Kier alpha value is -3.76. The third-order valence-electron chi connectivity index (χ3n) is 9.90. The Kier molecular flexibility index (Phi) is 19.5. The van der Waals surface area contributed by atoms with E-state index in [4.69, 9.17) is 29.0 Å². The lowest BCUT2D eigenvalue weighted by Gasteiger charge is -2.26. The van der Waals surface area contributed by atoms with E-state index < -0.39 is 50.8 Å². The Morgan fingerprint density at radius 3 is 2.44 bits per heavy atom. The molecule has 0 radical (unpaired) electrons. The number of nitrogens with two attached hydrogens (primary N) is 1. The number of hydrogen-bond acceptors (Lipinski definition) is 12. The molecular formula is C41H58FN6O8P. The van der Waals surface area contributed by atoms with Crippen molar-refractivity contribution in [2.45, 2.75) is 134 Å². The Morgan fingerprint density at radius 1 is 1.04 bits per heavy atom. The molecule has 5 atom stereocenters. The topological polar surface area (TPSA) is 207 Å². The largest absolute Gasteiger partial charge is 0.472 e. The lowest BCUT2D eigenvalue weighted by Crippen LogP contribution is -2.42. The van der Waals surface area contributed by atoms with Crippen LogP contribution in [0.25, 0.3) is 5.52 Å². The van der Waals surface area contributed by atoms with E-state index in [0.29, 0.717) is 23.4 Å². The highest BCUT2D eigenvalue weighted by Crippen LogP contribution is 2.47. The van der Waals surface area contributed by atoms with Gasteiger partial charge in [0.2, 0.25) is 5.60 Å². The van der Waals surface area contributed by atoms with Crippen LogP contribution in [-0.2, 0) is 34.4 Å². The smallest absolute Gasteiger partial charge is 0.389 e. The normalized spacial score (nSPS) is 19.8. The number of fused-ring (bicyclic) bond motifs is 1. The minimum absolute atomic E-state index is 0.00350. The number of hydrogen-bond donors (Lipinski definition) is 3. The number of phosphoric acid groups is 1. The summed E-state index contributed by atoms with van der Waals surface area (Å²) in [7, 11) is -4.83. The van der Waals surface area contributed by atoms with Crippen molar-refractivity contribution in [1.82, 2.24) is 14.6 Å². The van der Waals surface area contributed by atoms with Gasteiger partial charge in [0.25, 0.3) is 0 Å². The third-order valence-corrected chi connectivity index (χ3v) is 10.8. The Labute approximate surface area is 335 Å². The number of nitrogens with zero attached hydrogens (tertiary/aromatic N) is 5. The van der Waals surface area contributed by atoms with Gasteiger partial charge in [-0.25, -0.2) is 18.5 Å². The van der Waals surface area contributed by atoms with Gasteiger partial charge in [0, 0.05) is 13.0 Å². The fourth-order valence-corrected chi connectivity index (χ4v) is 7.43. The van der Waals surface area contributed by atoms with Crippen LogP contribution in [0.4, 0.5) is 10.2 Å². The second-order valence-electron chi connectivity index (χ2n) is 14.5. The number of nitriles is 2. The van der Waals surface area contributed by atoms with Crippen molar-refractivity contribution in [2.75, 3.05) is 32.2 Å². The first-order valence-corrected chi connectivity index (χ1v) is 21.6. The number of aliphatic hydroxyl groups is 1. The molecule has 312 valence electrons. The first-order chi connectivity index (χ1) is 27.6. The maximum Gasteiger partial charge on any atom is 0.472 e. The van der Waals surface area contributed by atoms with Crippen LogP contribution in [0.5, 0.6) is 0 Å². The first kappa shape index (κ1) is 45.9. The number of aromatic nitrogens is 3. The number of aliphatic hydroxyl groups excluding tert-OH is 1. The van der Waals surface area contributed by atoms with Gasteiger partial charge >= 0.3 is 7.82 Å². The highest BCUT2D eigenvalue weighted by Gasteiger charge is 2.51. The molecule has 14 nitrogen and oxygen atoms in total. The number of allylic oxidation sites excluding steroid dienone is 2. The van der Waals surface area contributed by atoms with Crippen molar-refractivity contribution in [2.24, 2.45) is 0 Å². The summed E-state index contributed by atoms with van der Waals surface area (Å²) in [6.07, 6.45) is 19.5. The van der Waals surface area contributed by atoms with E-state index in [1.54, 1.807) is 12.1 Å². The highest BCUT2D eigenvalue weighted by atomic mass is 31.2. The van der Waals surface area contributed by atoms with E-state index in [9.17, 15) is 29.5 Å². The van der Waals surface area contributed by atoms with Crippen molar-refractivity contribution in [3.63, 3.8) is 0 Å². The zero-order valence-corrected chi connectivity index (χ0v) is 33.9. The Morgan fingerprint density at radius 2 is 1.74 bits per heavy atom. The molecule has 3 aromatic rings. The van der Waals surface area contributed by atoms with Crippen LogP contribution in [0, 0.1) is 28.5 Å². The molecule has 4 N–H and O–H groups in total. The van der Waals surface area contributed by atoms with E-state index in [2.05, 4.69) is 29.2 Å². The molecular weight excluding hydrogens is 754 g/mol. The number of halogens is 1. The van der Waals surface area contributed by atoms with Gasteiger partial charge in [-0.15, -0.1) is 0 Å². The fraction of sp³-hybridized carbons (Fsp3) is 0.610. The second kappa shape index (κ2) is 24.2. The summed E-state index contributed by atoms with van der Waals surface area (Å²) in [5.74, 6) is -0.366. The molecule has 3 heterocycles. The summed E-state index contributed by atoms with van der Waals surface area (Å²) in [5, 5.41) is 34.3. The van der Waals surface area contributed by atoms with Gasteiger partial charge in [0.15, 0.2) is 5.82 Å². The maximum atomic E-state index is 14.1. The van der Waals surface area contributed by atoms with Crippen molar-refractivity contribution >= 4 is 19.2 Å². The van der Waals surface area contributed by atoms with Gasteiger partial charge in [-0.05, 0) is 68.0 Å². The van der Waals surface area contributed by atoms with Crippen LogP contribution in [0.1, 0.15) is 126 Å². The van der Waals surface area contributed by atoms with Crippen molar-refractivity contribution in [1.29, 1.82) is 10.5 Å². The number of anilines is 1. The molecule has 57 heavy (non-hydrogen) atoms. The van der Waals surface area contributed by atoms with E-state index in [1.807, 2.05) is 12.1 Å². The number of benzene rings is 1. The molecule has 4 rings (SSSR count). The predicted molar refractivity (Wildman–Crippen MR) is 212 cm³/mol. The molecule has 1 unspecified atom stereocenters. The number of rotatable bonds is 28. The average Bonchev–Trinajstić information content (AvgIpc) is 3.79. The molecule has 0 aliphatic carbocycles. The molecule has 0 bridgehead atoms. The fourth-order valence-electron chi connectivity index (χ4n) is 6.65. The van der Waals surface area contributed by atoms with Gasteiger partial charge in [-0.1, -0.05) is 76.9 Å². The third kappa shape index (κ3) is 15.2. The average molecular weight is 813 g/mol. The van der Waals surface area contributed by atoms with Crippen LogP contribution in [-0.4, -0.2) is 68.8 Å². The number of phosphoric ester groups is 1. The van der Waals surface area contributed by atoms with E-state index in [-0.39, 0.29) is 31.0 Å².